The number of hydrogen-bond donors (Lipinski definition) is 2. The van der Waals surface area contributed by atoms with Gasteiger partial charge < -0.3 is 4.57 Å². The summed E-state index contributed by atoms with van der Waals surface area (Å²) in [6, 6.07) is 17.3. The molecule has 34 heavy (non-hydrogen) atoms. The normalized spacial score (nSPS) is 10.8. The lowest BCUT2D eigenvalue weighted by molar-refractivity contribution is -0.128. The topological polar surface area (TPSA) is 133 Å². The average molecular weight is 478 g/mol. The van der Waals surface area contributed by atoms with Gasteiger partial charge in [-0.15, -0.1) is 20.4 Å². The number of benzene rings is 2. The van der Waals surface area contributed by atoms with Crippen LogP contribution < -0.4 is 10.9 Å². The number of tetrazole rings is 1. The predicted octanol–water partition coefficient (Wildman–Crippen LogP) is 1.87. The summed E-state index contributed by atoms with van der Waals surface area (Å²) < 4.78 is 1.96. The van der Waals surface area contributed by atoms with E-state index in [0.29, 0.717) is 17.5 Å². The van der Waals surface area contributed by atoms with E-state index in [1.54, 1.807) is 0 Å². The maximum absolute atomic E-state index is 12.2. The highest BCUT2D eigenvalue weighted by Crippen LogP contribution is 2.26. The van der Waals surface area contributed by atoms with Crippen molar-refractivity contribution < 1.29 is 9.59 Å². The summed E-state index contributed by atoms with van der Waals surface area (Å²) in [5.74, 6) is 0.379. The van der Waals surface area contributed by atoms with Crippen molar-refractivity contribution in [3.63, 3.8) is 0 Å². The molecule has 174 valence electrons. The fourth-order valence-electron chi connectivity index (χ4n) is 3.19. The molecule has 12 heteroatoms. The second kappa shape index (κ2) is 10.7. The van der Waals surface area contributed by atoms with Crippen LogP contribution in [0.25, 0.3) is 22.8 Å². The van der Waals surface area contributed by atoms with Gasteiger partial charge in [0.1, 0.15) is 6.54 Å². The van der Waals surface area contributed by atoms with E-state index in [-0.39, 0.29) is 18.2 Å². The zero-order valence-corrected chi connectivity index (χ0v) is 19.5. The molecule has 0 fully saturated rings. The minimum atomic E-state index is -0.478. The lowest BCUT2D eigenvalue weighted by Crippen LogP contribution is -2.44. The highest BCUT2D eigenvalue weighted by Gasteiger charge is 2.16. The van der Waals surface area contributed by atoms with Crippen molar-refractivity contribution in [1.29, 1.82) is 0 Å². The number of rotatable bonds is 8. The molecular formula is C22H23N9O2S. The molecule has 0 radical (unpaired) electrons. The summed E-state index contributed by atoms with van der Waals surface area (Å²) in [4.78, 5) is 25.5. The molecular weight excluding hydrogens is 454 g/mol. The summed E-state index contributed by atoms with van der Waals surface area (Å²) in [7, 11) is 0. The number of carbonyl (C=O) groups excluding carboxylic acids is 2. The summed E-state index contributed by atoms with van der Waals surface area (Å²) in [5, 5.41) is 21.2. The van der Waals surface area contributed by atoms with E-state index in [4.69, 9.17) is 0 Å². The van der Waals surface area contributed by atoms with Gasteiger partial charge in [0, 0.05) is 17.7 Å². The van der Waals surface area contributed by atoms with Gasteiger partial charge in [0.05, 0.1) is 5.75 Å². The molecule has 4 rings (SSSR count). The van der Waals surface area contributed by atoms with Crippen molar-refractivity contribution in [3.8, 4) is 22.8 Å². The molecule has 2 N–H and O–H groups in total. The number of amides is 2. The fraction of sp³-hybridized carbons (Fsp3) is 0.227. The first kappa shape index (κ1) is 23.1. The quantitative estimate of drug-likeness (QED) is 0.290. The highest BCUT2D eigenvalue weighted by molar-refractivity contribution is 7.99. The van der Waals surface area contributed by atoms with Gasteiger partial charge >= 0.3 is 0 Å². The van der Waals surface area contributed by atoms with Crippen LogP contribution in [0.1, 0.15) is 12.5 Å². The third-order valence-corrected chi connectivity index (χ3v) is 5.83. The first-order valence-corrected chi connectivity index (χ1v) is 11.6. The second-order valence-electron chi connectivity index (χ2n) is 7.26. The predicted molar refractivity (Wildman–Crippen MR) is 126 cm³/mol. The average Bonchev–Trinajstić information content (AvgIpc) is 3.49. The van der Waals surface area contributed by atoms with Crippen LogP contribution >= 0.6 is 11.8 Å². The number of hydrazine groups is 1. The second-order valence-corrected chi connectivity index (χ2v) is 8.20. The van der Waals surface area contributed by atoms with Gasteiger partial charge in [0.15, 0.2) is 11.0 Å². The maximum Gasteiger partial charge on any atom is 0.262 e. The minimum Gasteiger partial charge on any atom is -0.302 e. The molecule has 2 aromatic heterocycles. The Labute approximate surface area is 199 Å². The van der Waals surface area contributed by atoms with Crippen LogP contribution in [0.4, 0.5) is 0 Å². The van der Waals surface area contributed by atoms with Gasteiger partial charge in [-0.25, -0.2) is 0 Å². The van der Waals surface area contributed by atoms with Crippen molar-refractivity contribution in [2.45, 2.75) is 32.1 Å². The molecule has 0 aliphatic rings. The lowest BCUT2D eigenvalue weighted by atomic mass is 10.1. The van der Waals surface area contributed by atoms with Crippen molar-refractivity contribution >= 4 is 23.6 Å². The van der Waals surface area contributed by atoms with E-state index in [0.717, 1.165) is 27.3 Å². The molecule has 0 spiro atoms. The number of nitrogens with one attached hydrogen (secondary N) is 2. The smallest absolute Gasteiger partial charge is 0.262 e. The molecule has 0 aliphatic heterocycles. The molecule has 0 saturated heterocycles. The molecule has 0 atom stereocenters. The third kappa shape index (κ3) is 5.46. The molecule has 0 unspecified atom stereocenters. The zero-order valence-electron chi connectivity index (χ0n) is 18.7. The van der Waals surface area contributed by atoms with E-state index in [2.05, 4.69) is 36.5 Å². The molecule has 0 bridgehead atoms. The van der Waals surface area contributed by atoms with Gasteiger partial charge in [0.2, 0.25) is 11.7 Å². The minimum absolute atomic E-state index is 0.0614. The Morgan fingerprint density at radius 1 is 0.941 bits per heavy atom. The van der Waals surface area contributed by atoms with Gasteiger partial charge in [-0.2, -0.15) is 4.80 Å². The van der Waals surface area contributed by atoms with Crippen molar-refractivity contribution in [3.05, 3.63) is 60.2 Å². The van der Waals surface area contributed by atoms with E-state index in [1.807, 2.05) is 73.0 Å². The Kier molecular flexibility index (Phi) is 7.28. The Balaban J connectivity index is 1.27. The molecule has 2 amide bonds. The Morgan fingerprint density at radius 3 is 2.44 bits per heavy atom. The van der Waals surface area contributed by atoms with Crippen LogP contribution in [0, 0.1) is 6.92 Å². The van der Waals surface area contributed by atoms with Gasteiger partial charge in [-0.3, -0.25) is 20.4 Å². The maximum atomic E-state index is 12.2. The summed E-state index contributed by atoms with van der Waals surface area (Å²) in [6.07, 6.45) is 0. The number of thioether (sulfide) groups is 1. The van der Waals surface area contributed by atoms with Crippen LogP contribution in [-0.4, -0.2) is 52.5 Å². The van der Waals surface area contributed by atoms with Crippen molar-refractivity contribution in [2.75, 3.05) is 5.75 Å². The number of carbonyl (C=O) groups is 2. The van der Waals surface area contributed by atoms with E-state index in [1.165, 1.54) is 11.8 Å². The van der Waals surface area contributed by atoms with Gasteiger partial charge in [-0.1, -0.05) is 66.4 Å². The van der Waals surface area contributed by atoms with Crippen LogP contribution in [0.2, 0.25) is 0 Å². The van der Waals surface area contributed by atoms with Crippen molar-refractivity contribution in [1.82, 2.24) is 45.8 Å². The summed E-state index contributed by atoms with van der Waals surface area (Å²) >= 11 is 1.24. The standard InChI is InChI=1S/C22H23N9O2S/c1-3-30-21(17-12-8-7-9-15(17)2)26-27-22(30)34-14-19(33)24-23-18(32)13-31-28-20(25-29-31)16-10-5-4-6-11-16/h4-12H,3,13-14H2,1-2H3,(H,23,32)(H,24,33). The molecule has 0 saturated carbocycles. The summed E-state index contributed by atoms with van der Waals surface area (Å²) in [6.45, 7) is 4.49. The van der Waals surface area contributed by atoms with Crippen molar-refractivity contribution in [2.24, 2.45) is 0 Å². The number of hydrogen-bond acceptors (Lipinski definition) is 8. The monoisotopic (exact) mass is 477 g/mol. The largest absolute Gasteiger partial charge is 0.302 e. The fourth-order valence-corrected chi connectivity index (χ4v) is 3.99. The number of aryl methyl sites for hydroxylation is 1. The first-order chi connectivity index (χ1) is 16.5. The van der Waals surface area contributed by atoms with Crippen LogP contribution in [0.5, 0.6) is 0 Å². The van der Waals surface area contributed by atoms with Crippen LogP contribution in [0.15, 0.2) is 59.8 Å². The molecule has 11 nitrogen and oxygen atoms in total. The SMILES string of the molecule is CCn1c(SCC(=O)NNC(=O)Cn2nnc(-c3ccccc3)n2)nnc1-c1ccccc1C. The molecule has 2 heterocycles. The molecule has 4 aromatic rings. The van der Waals surface area contributed by atoms with Gasteiger partial charge in [-0.05, 0) is 24.6 Å². The van der Waals surface area contributed by atoms with Crippen LogP contribution in [-0.2, 0) is 22.7 Å². The lowest BCUT2D eigenvalue weighted by Gasteiger charge is -2.09. The van der Waals surface area contributed by atoms with E-state index < -0.39 is 5.91 Å². The Bertz CT molecular complexity index is 1290. The van der Waals surface area contributed by atoms with Gasteiger partial charge in [0.25, 0.3) is 5.91 Å². The number of nitrogens with zero attached hydrogens (tertiary/aromatic N) is 7. The Morgan fingerprint density at radius 2 is 1.68 bits per heavy atom. The summed E-state index contributed by atoms with van der Waals surface area (Å²) in [5.41, 5.74) is 7.64. The van der Waals surface area contributed by atoms with E-state index >= 15 is 0 Å². The molecule has 2 aromatic carbocycles. The van der Waals surface area contributed by atoms with Crippen LogP contribution in [0.3, 0.4) is 0 Å². The third-order valence-electron chi connectivity index (χ3n) is 4.86. The zero-order chi connectivity index (χ0) is 23.9. The van der Waals surface area contributed by atoms with E-state index in [9.17, 15) is 9.59 Å². The first-order valence-electron chi connectivity index (χ1n) is 10.6. The highest BCUT2D eigenvalue weighted by atomic mass is 32.2. The Hall–Kier alpha value is -4.06. The molecule has 0 aliphatic carbocycles. The number of aromatic nitrogens is 7.